The minimum absolute atomic E-state index is 0.502. The van der Waals surface area contributed by atoms with E-state index in [4.69, 9.17) is 4.74 Å². The molecule has 90 valence electrons. The summed E-state index contributed by atoms with van der Waals surface area (Å²) in [6.07, 6.45) is 1.86. The van der Waals surface area contributed by atoms with Gasteiger partial charge in [-0.15, -0.1) is 11.3 Å². The lowest BCUT2D eigenvalue weighted by molar-refractivity contribution is 0.0343. The lowest BCUT2D eigenvalue weighted by Crippen LogP contribution is -2.44. The number of thiazole rings is 1. The third-order valence-electron chi connectivity index (χ3n) is 2.72. The van der Waals surface area contributed by atoms with Crippen LogP contribution in [0.15, 0.2) is 11.6 Å². The largest absolute Gasteiger partial charge is 0.379 e. The summed E-state index contributed by atoms with van der Waals surface area (Å²) in [6.45, 7) is 8.06. The lowest BCUT2D eigenvalue weighted by atomic mass is 10.3. The maximum Gasteiger partial charge on any atom is 0.106 e. The highest BCUT2D eigenvalue weighted by Crippen LogP contribution is 2.04. The van der Waals surface area contributed by atoms with Crippen LogP contribution >= 0.6 is 11.3 Å². The molecule has 2 heterocycles. The zero-order valence-electron chi connectivity index (χ0n) is 9.69. The lowest BCUT2D eigenvalue weighted by Gasteiger charge is -2.29. The van der Waals surface area contributed by atoms with Gasteiger partial charge in [0.15, 0.2) is 0 Å². The van der Waals surface area contributed by atoms with Gasteiger partial charge in [0.25, 0.3) is 0 Å². The zero-order valence-corrected chi connectivity index (χ0v) is 10.5. The van der Waals surface area contributed by atoms with Gasteiger partial charge in [-0.2, -0.15) is 0 Å². The summed E-state index contributed by atoms with van der Waals surface area (Å²) in [5.41, 5.74) is 0. The molecule has 0 bridgehead atoms. The zero-order chi connectivity index (χ0) is 11.2. The number of ether oxygens (including phenoxy) is 1. The maximum absolute atomic E-state index is 5.33. The van der Waals surface area contributed by atoms with E-state index in [0.29, 0.717) is 6.04 Å². The summed E-state index contributed by atoms with van der Waals surface area (Å²) in [5.74, 6) is 0. The highest BCUT2D eigenvalue weighted by Gasteiger charge is 2.13. The molecular formula is C11H19N3OS. The minimum atomic E-state index is 0.502. The number of morpholine rings is 1. The summed E-state index contributed by atoms with van der Waals surface area (Å²) in [4.78, 5) is 6.70. The fraction of sp³-hybridized carbons (Fsp3) is 0.727. The Morgan fingerprint density at radius 3 is 3.06 bits per heavy atom. The van der Waals surface area contributed by atoms with Gasteiger partial charge in [0, 0.05) is 43.8 Å². The van der Waals surface area contributed by atoms with E-state index < -0.39 is 0 Å². The van der Waals surface area contributed by atoms with E-state index in [0.717, 1.165) is 44.4 Å². The number of hydrogen-bond donors (Lipinski definition) is 1. The van der Waals surface area contributed by atoms with Crippen molar-refractivity contribution in [1.82, 2.24) is 15.2 Å². The molecule has 0 saturated carbocycles. The quantitative estimate of drug-likeness (QED) is 0.833. The predicted octanol–water partition coefficient (Wildman–Crippen LogP) is 0.953. The van der Waals surface area contributed by atoms with Crippen LogP contribution in [-0.4, -0.2) is 48.8 Å². The van der Waals surface area contributed by atoms with E-state index in [-0.39, 0.29) is 0 Å². The number of rotatable bonds is 5. The Bertz CT molecular complexity index is 285. The SMILES string of the molecule is CC(CN1CCOCC1)NCc1nccs1. The summed E-state index contributed by atoms with van der Waals surface area (Å²) in [5, 5.41) is 6.68. The molecule has 4 nitrogen and oxygen atoms in total. The highest BCUT2D eigenvalue weighted by molar-refractivity contribution is 7.09. The van der Waals surface area contributed by atoms with Crippen LogP contribution < -0.4 is 5.32 Å². The van der Waals surface area contributed by atoms with Gasteiger partial charge in [-0.25, -0.2) is 4.98 Å². The van der Waals surface area contributed by atoms with Gasteiger partial charge in [-0.3, -0.25) is 4.90 Å². The number of nitrogens with one attached hydrogen (secondary N) is 1. The molecule has 1 unspecified atom stereocenters. The van der Waals surface area contributed by atoms with Gasteiger partial charge in [-0.05, 0) is 6.92 Å². The van der Waals surface area contributed by atoms with Crippen LogP contribution in [0.25, 0.3) is 0 Å². The molecule has 1 aliphatic heterocycles. The molecule has 1 atom stereocenters. The summed E-state index contributed by atoms with van der Waals surface area (Å²) in [6, 6.07) is 0.502. The van der Waals surface area contributed by atoms with Crippen molar-refractivity contribution < 1.29 is 4.74 Å². The Kier molecular flexibility index (Phi) is 4.71. The molecular weight excluding hydrogens is 222 g/mol. The van der Waals surface area contributed by atoms with Crippen molar-refractivity contribution in [3.05, 3.63) is 16.6 Å². The van der Waals surface area contributed by atoms with Crippen LogP contribution in [0.5, 0.6) is 0 Å². The molecule has 0 radical (unpaired) electrons. The van der Waals surface area contributed by atoms with Crippen molar-refractivity contribution in [2.75, 3.05) is 32.8 Å². The molecule has 1 saturated heterocycles. The van der Waals surface area contributed by atoms with E-state index in [1.54, 1.807) is 11.3 Å². The van der Waals surface area contributed by atoms with Crippen molar-refractivity contribution in [2.45, 2.75) is 19.5 Å². The summed E-state index contributed by atoms with van der Waals surface area (Å²) >= 11 is 1.70. The molecule has 16 heavy (non-hydrogen) atoms. The molecule has 1 fully saturated rings. The van der Waals surface area contributed by atoms with Crippen LogP contribution in [0.1, 0.15) is 11.9 Å². The molecule has 0 aromatic carbocycles. The predicted molar refractivity (Wildman–Crippen MR) is 65.7 cm³/mol. The van der Waals surface area contributed by atoms with Crippen molar-refractivity contribution in [1.29, 1.82) is 0 Å². The average molecular weight is 241 g/mol. The molecule has 1 aliphatic rings. The monoisotopic (exact) mass is 241 g/mol. The van der Waals surface area contributed by atoms with Gasteiger partial charge < -0.3 is 10.1 Å². The van der Waals surface area contributed by atoms with Crippen LogP contribution in [0.2, 0.25) is 0 Å². The second-order valence-electron chi connectivity index (χ2n) is 4.12. The van der Waals surface area contributed by atoms with E-state index in [1.807, 2.05) is 11.6 Å². The third-order valence-corrected chi connectivity index (χ3v) is 3.50. The van der Waals surface area contributed by atoms with Gasteiger partial charge in [0.05, 0.1) is 13.2 Å². The van der Waals surface area contributed by atoms with Crippen LogP contribution in [0.3, 0.4) is 0 Å². The summed E-state index contributed by atoms with van der Waals surface area (Å²) < 4.78 is 5.33. The topological polar surface area (TPSA) is 37.4 Å². The van der Waals surface area contributed by atoms with Gasteiger partial charge in [0.1, 0.15) is 5.01 Å². The van der Waals surface area contributed by atoms with E-state index in [9.17, 15) is 0 Å². The molecule has 0 amide bonds. The smallest absolute Gasteiger partial charge is 0.106 e. The number of aromatic nitrogens is 1. The number of nitrogens with zero attached hydrogens (tertiary/aromatic N) is 2. The standard InChI is InChI=1S/C11H19N3OS/c1-10(9-14-3-5-15-6-4-14)13-8-11-12-2-7-16-11/h2,7,10,13H,3-6,8-9H2,1H3. The van der Waals surface area contributed by atoms with Crippen LogP contribution in [-0.2, 0) is 11.3 Å². The average Bonchev–Trinajstić information content (AvgIpc) is 2.81. The Morgan fingerprint density at radius 2 is 2.38 bits per heavy atom. The van der Waals surface area contributed by atoms with Crippen LogP contribution in [0, 0.1) is 0 Å². The molecule has 1 aromatic rings. The fourth-order valence-corrected chi connectivity index (χ4v) is 2.40. The molecule has 0 aliphatic carbocycles. The normalized spacial score (nSPS) is 19.8. The Balaban J connectivity index is 1.65. The highest BCUT2D eigenvalue weighted by atomic mass is 32.1. The number of hydrogen-bond acceptors (Lipinski definition) is 5. The molecule has 1 N–H and O–H groups in total. The second-order valence-corrected chi connectivity index (χ2v) is 5.10. The molecule has 5 heteroatoms. The second kappa shape index (κ2) is 6.30. The minimum Gasteiger partial charge on any atom is -0.379 e. The Labute approximate surface area is 101 Å². The van der Waals surface area contributed by atoms with E-state index >= 15 is 0 Å². The Morgan fingerprint density at radius 1 is 1.56 bits per heavy atom. The van der Waals surface area contributed by atoms with E-state index in [1.165, 1.54) is 0 Å². The van der Waals surface area contributed by atoms with Gasteiger partial charge >= 0.3 is 0 Å². The molecule has 2 rings (SSSR count). The Hall–Kier alpha value is -0.490. The summed E-state index contributed by atoms with van der Waals surface area (Å²) in [7, 11) is 0. The van der Waals surface area contributed by atoms with Crippen molar-refractivity contribution in [3.8, 4) is 0 Å². The van der Waals surface area contributed by atoms with Crippen molar-refractivity contribution in [3.63, 3.8) is 0 Å². The van der Waals surface area contributed by atoms with Crippen molar-refractivity contribution >= 4 is 11.3 Å². The first-order valence-electron chi connectivity index (χ1n) is 5.76. The maximum atomic E-state index is 5.33. The van der Waals surface area contributed by atoms with Crippen LogP contribution in [0.4, 0.5) is 0 Å². The first-order chi connectivity index (χ1) is 7.84. The van der Waals surface area contributed by atoms with Gasteiger partial charge in [-0.1, -0.05) is 0 Å². The molecule has 1 aromatic heterocycles. The molecule has 0 spiro atoms. The first kappa shape index (κ1) is 12.0. The first-order valence-corrected chi connectivity index (χ1v) is 6.64. The van der Waals surface area contributed by atoms with Crippen molar-refractivity contribution in [2.24, 2.45) is 0 Å². The van der Waals surface area contributed by atoms with E-state index in [2.05, 4.69) is 22.1 Å². The third kappa shape index (κ3) is 3.83. The fourth-order valence-electron chi connectivity index (χ4n) is 1.84. The van der Waals surface area contributed by atoms with Gasteiger partial charge in [0.2, 0.25) is 0 Å².